The zero-order valence-electron chi connectivity index (χ0n) is 20.3. The molecule has 2 aliphatic heterocycles. The molecule has 1 N–H and O–H groups in total. The molecule has 2 fully saturated rings. The summed E-state index contributed by atoms with van der Waals surface area (Å²) in [5, 5.41) is 11.9. The first kappa shape index (κ1) is 23.5. The molecule has 1 aliphatic carbocycles. The number of aromatic nitrogens is 1. The molecule has 0 spiro atoms. The second-order valence-electron chi connectivity index (χ2n) is 10.0. The maximum atomic E-state index is 11.2. The molecule has 0 unspecified atom stereocenters. The maximum absolute atomic E-state index is 11.2. The number of rotatable bonds is 6. The summed E-state index contributed by atoms with van der Waals surface area (Å²) in [6.07, 6.45) is 9.09. The Kier molecular flexibility index (Phi) is 6.46. The predicted molar refractivity (Wildman–Crippen MR) is 141 cm³/mol. The second-order valence-corrected chi connectivity index (χ2v) is 10.5. The van der Waals surface area contributed by atoms with E-state index < -0.39 is 5.60 Å². The van der Waals surface area contributed by atoms with E-state index in [9.17, 15) is 5.11 Å². The fourth-order valence-corrected chi connectivity index (χ4v) is 5.32. The van der Waals surface area contributed by atoms with Gasteiger partial charge in [0.1, 0.15) is 18.1 Å². The summed E-state index contributed by atoms with van der Waals surface area (Å²) in [5.74, 6) is 1.77. The van der Waals surface area contributed by atoms with Crippen molar-refractivity contribution in [2.24, 2.45) is 0 Å². The van der Waals surface area contributed by atoms with Gasteiger partial charge >= 0.3 is 0 Å². The second kappa shape index (κ2) is 9.89. The number of halogens is 1. The number of benzene rings is 2. The number of hydrogen-bond donors (Lipinski definition) is 1. The normalized spacial score (nSPS) is 20.2. The summed E-state index contributed by atoms with van der Waals surface area (Å²) in [4.78, 5) is 7.03. The van der Waals surface area contributed by atoms with Crippen molar-refractivity contribution < 1.29 is 14.6 Å². The topological polar surface area (TPSA) is 54.8 Å². The number of likely N-dealkylation sites (tertiary alicyclic amines) is 1. The molecule has 6 heteroatoms. The lowest BCUT2D eigenvalue weighted by molar-refractivity contribution is -0.0254. The molecule has 0 bridgehead atoms. The highest BCUT2D eigenvalue weighted by molar-refractivity contribution is 6.30. The smallest absolute Gasteiger partial charge is 0.131 e. The van der Waals surface area contributed by atoms with Crippen molar-refractivity contribution in [3.8, 4) is 11.5 Å². The Morgan fingerprint density at radius 2 is 1.89 bits per heavy atom. The van der Waals surface area contributed by atoms with E-state index in [1.165, 1.54) is 0 Å². The number of aliphatic hydroxyl groups is 1. The summed E-state index contributed by atoms with van der Waals surface area (Å²) in [6, 6.07) is 17.9. The average Bonchev–Trinajstić information content (AvgIpc) is 3.73. The summed E-state index contributed by atoms with van der Waals surface area (Å²) in [6.45, 7) is 3.11. The van der Waals surface area contributed by atoms with Gasteiger partial charge in [-0.15, -0.1) is 0 Å². The van der Waals surface area contributed by atoms with Crippen LogP contribution in [-0.2, 0) is 12.2 Å². The molecular formula is C30H31ClN2O3. The molecule has 186 valence electrons. The van der Waals surface area contributed by atoms with E-state index in [0.29, 0.717) is 17.7 Å². The van der Waals surface area contributed by atoms with Crippen molar-refractivity contribution in [2.75, 3.05) is 19.6 Å². The summed E-state index contributed by atoms with van der Waals surface area (Å²) in [7, 11) is 0. The SMILES string of the molecule is OC1(c2ccc(Cl)cc2)CCN(CC/C=C2/c3cc(OC4CC4)ccc3OCc3ncccc32)CC1. The minimum Gasteiger partial charge on any atom is -0.490 e. The standard InChI is InChI=1S/C30H31ClN2O3/c31-22-7-5-21(6-8-22)30(34)13-17-33(18-14-30)16-2-4-25-26-3-1-15-32-28(26)20-35-29-12-11-24(19-27(25)29)36-23-9-10-23/h1,3-8,11-12,15,19,23,34H,2,9-10,13-14,16-18,20H2/b25-4+. The third-order valence-corrected chi connectivity index (χ3v) is 7.72. The van der Waals surface area contributed by atoms with Gasteiger partial charge in [0, 0.05) is 42.0 Å². The Hall–Kier alpha value is -2.86. The van der Waals surface area contributed by atoms with Crippen LogP contribution in [0.4, 0.5) is 0 Å². The zero-order valence-corrected chi connectivity index (χ0v) is 21.1. The van der Waals surface area contributed by atoms with Crippen LogP contribution in [0.25, 0.3) is 5.57 Å². The molecule has 1 aromatic heterocycles. The van der Waals surface area contributed by atoms with Crippen LogP contribution in [-0.4, -0.2) is 40.7 Å². The Morgan fingerprint density at radius 3 is 2.67 bits per heavy atom. The molecule has 3 heterocycles. The van der Waals surface area contributed by atoms with Crippen LogP contribution in [0.2, 0.25) is 5.02 Å². The quantitative estimate of drug-likeness (QED) is 0.449. The molecule has 2 aromatic carbocycles. The highest BCUT2D eigenvalue weighted by Gasteiger charge is 2.33. The average molecular weight is 503 g/mol. The predicted octanol–water partition coefficient (Wildman–Crippen LogP) is 5.97. The molecule has 1 saturated heterocycles. The minimum atomic E-state index is -0.778. The molecule has 1 saturated carbocycles. The lowest BCUT2D eigenvalue weighted by atomic mass is 9.84. The van der Waals surface area contributed by atoms with Crippen molar-refractivity contribution >= 4 is 17.2 Å². The molecule has 3 aliphatic rings. The fraction of sp³-hybridized carbons (Fsp3) is 0.367. The van der Waals surface area contributed by atoms with Crippen molar-refractivity contribution in [1.82, 2.24) is 9.88 Å². The molecule has 5 nitrogen and oxygen atoms in total. The Balaban J connectivity index is 1.18. The molecule has 6 rings (SSSR count). The summed E-state index contributed by atoms with van der Waals surface area (Å²) < 4.78 is 12.2. The van der Waals surface area contributed by atoms with Crippen molar-refractivity contribution in [2.45, 2.75) is 50.4 Å². The van der Waals surface area contributed by atoms with Gasteiger partial charge in [0.15, 0.2) is 0 Å². The first-order chi connectivity index (χ1) is 17.6. The molecule has 3 aromatic rings. The largest absolute Gasteiger partial charge is 0.490 e. The minimum absolute atomic E-state index is 0.349. The van der Waals surface area contributed by atoms with E-state index in [-0.39, 0.29) is 0 Å². The highest BCUT2D eigenvalue weighted by Crippen LogP contribution is 2.40. The van der Waals surface area contributed by atoms with E-state index in [0.717, 1.165) is 91.2 Å². The van der Waals surface area contributed by atoms with E-state index in [1.54, 1.807) is 0 Å². The number of nitrogens with zero attached hydrogens (tertiary/aromatic N) is 2. The number of piperidine rings is 1. The van der Waals surface area contributed by atoms with Crippen LogP contribution < -0.4 is 9.47 Å². The zero-order chi connectivity index (χ0) is 24.5. The Bertz CT molecular complexity index is 1260. The van der Waals surface area contributed by atoms with Gasteiger partial charge in [-0.2, -0.15) is 0 Å². The third kappa shape index (κ3) is 5.01. The van der Waals surface area contributed by atoms with E-state index in [1.807, 2.05) is 48.7 Å². The molecule has 36 heavy (non-hydrogen) atoms. The van der Waals surface area contributed by atoms with Crippen molar-refractivity contribution in [1.29, 1.82) is 0 Å². The first-order valence-electron chi connectivity index (χ1n) is 12.9. The van der Waals surface area contributed by atoms with Gasteiger partial charge in [-0.1, -0.05) is 35.9 Å². The van der Waals surface area contributed by atoms with Crippen molar-refractivity contribution in [3.63, 3.8) is 0 Å². The fourth-order valence-electron chi connectivity index (χ4n) is 5.19. The van der Waals surface area contributed by atoms with Crippen LogP contribution in [0.15, 0.2) is 66.9 Å². The van der Waals surface area contributed by atoms with E-state index in [2.05, 4.69) is 28.1 Å². The maximum Gasteiger partial charge on any atom is 0.131 e. The summed E-state index contributed by atoms with van der Waals surface area (Å²) >= 11 is 6.03. The van der Waals surface area contributed by atoms with Gasteiger partial charge in [0.2, 0.25) is 0 Å². The Labute approximate surface area is 217 Å². The Morgan fingerprint density at radius 1 is 1.08 bits per heavy atom. The van der Waals surface area contributed by atoms with Gasteiger partial charge in [-0.25, -0.2) is 0 Å². The molecular weight excluding hydrogens is 472 g/mol. The number of fused-ring (bicyclic) bond motifs is 2. The van der Waals surface area contributed by atoms with E-state index in [4.69, 9.17) is 21.1 Å². The number of hydrogen-bond acceptors (Lipinski definition) is 5. The van der Waals surface area contributed by atoms with Crippen molar-refractivity contribution in [3.05, 3.63) is 94.3 Å². The van der Waals surface area contributed by atoms with Crippen LogP contribution in [0.1, 0.15) is 54.5 Å². The van der Waals surface area contributed by atoms with Gasteiger partial charge in [-0.3, -0.25) is 4.98 Å². The van der Waals surface area contributed by atoms with Gasteiger partial charge in [0.05, 0.1) is 17.4 Å². The number of ether oxygens (including phenoxy) is 2. The van der Waals surface area contributed by atoms with Crippen LogP contribution >= 0.6 is 11.6 Å². The molecule has 0 atom stereocenters. The molecule has 0 radical (unpaired) electrons. The summed E-state index contributed by atoms with van der Waals surface area (Å²) in [5.41, 5.74) is 4.47. The monoisotopic (exact) mass is 502 g/mol. The lowest BCUT2D eigenvalue weighted by Crippen LogP contribution is -2.42. The van der Waals surface area contributed by atoms with Crippen LogP contribution in [0.3, 0.4) is 0 Å². The highest BCUT2D eigenvalue weighted by atomic mass is 35.5. The van der Waals surface area contributed by atoms with Gasteiger partial charge in [-0.05, 0) is 79.6 Å². The number of pyridine rings is 1. The van der Waals surface area contributed by atoms with Crippen LogP contribution in [0, 0.1) is 0 Å². The first-order valence-corrected chi connectivity index (χ1v) is 13.2. The molecule has 0 amide bonds. The van der Waals surface area contributed by atoms with Gasteiger partial charge < -0.3 is 19.5 Å². The third-order valence-electron chi connectivity index (χ3n) is 7.47. The van der Waals surface area contributed by atoms with E-state index >= 15 is 0 Å². The van der Waals surface area contributed by atoms with Crippen LogP contribution in [0.5, 0.6) is 11.5 Å². The van der Waals surface area contributed by atoms with Gasteiger partial charge in [0.25, 0.3) is 0 Å². The lowest BCUT2D eigenvalue weighted by Gasteiger charge is -2.38.